The first-order valence-electron chi connectivity index (χ1n) is 9.40. The van der Waals surface area contributed by atoms with Crippen LogP contribution < -0.4 is 5.32 Å². The Hall–Kier alpha value is -3.14. The van der Waals surface area contributed by atoms with E-state index in [-0.39, 0.29) is 18.4 Å². The van der Waals surface area contributed by atoms with Crippen LogP contribution in [0, 0.1) is 0 Å². The molecule has 0 radical (unpaired) electrons. The third kappa shape index (κ3) is 3.08. The van der Waals surface area contributed by atoms with Crippen molar-refractivity contribution >= 4 is 28.3 Å². The molecule has 4 rings (SSSR count). The molecule has 4 nitrogen and oxygen atoms in total. The van der Waals surface area contributed by atoms with E-state index >= 15 is 0 Å². The number of hydrogen-bond acceptors (Lipinski definition) is 3. The topological polar surface area (TPSA) is 49.4 Å². The second kappa shape index (κ2) is 7.23. The summed E-state index contributed by atoms with van der Waals surface area (Å²) in [6.45, 7) is 3.31. The minimum Gasteiger partial charge on any atom is -0.385 e. The third-order valence-corrected chi connectivity index (χ3v) is 5.02. The van der Waals surface area contributed by atoms with Gasteiger partial charge in [-0.3, -0.25) is 14.5 Å². The van der Waals surface area contributed by atoms with E-state index in [4.69, 9.17) is 0 Å². The van der Waals surface area contributed by atoms with Crippen LogP contribution in [-0.2, 0) is 6.54 Å². The Morgan fingerprint density at radius 3 is 2.33 bits per heavy atom. The second-order valence-electron chi connectivity index (χ2n) is 6.85. The van der Waals surface area contributed by atoms with E-state index in [0.29, 0.717) is 11.1 Å². The molecule has 0 saturated carbocycles. The lowest BCUT2D eigenvalue weighted by Gasteiger charge is -2.28. The molecular weight excluding hydrogens is 336 g/mol. The van der Waals surface area contributed by atoms with E-state index in [1.807, 2.05) is 60.7 Å². The molecule has 3 aromatic rings. The molecule has 1 heterocycles. The number of amides is 2. The lowest BCUT2D eigenvalue weighted by molar-refractivity contribution is 0.0598. The van der Waals surface area contributed by atoms with E-state index in [0.717, 1.165) is 41.4 Å². The highest BCUT2D eigenvalue weighted by atomic mass is 16.2. The van der Waals surface area contributed by atoms with Gasteiger partial charge in [0.15, 0.2) is 0 Å². The van der Waals surface area contributed by atoms with Gasteiger partial charge < -0.3 is 5.32 Å². The number of hydrogen-bond donors (Lipinski definition) is 1. The van der Waals surface area contributed by atoms with E-state index < -0.39 is 0 Å². The van der Waals surface area contributed by atoms with Crippen molar-refractivity contribution in [3.63, 3.8) is 0 Å². The molecule has 0 fully saturated rings. The summed E-state index contributed by atoms with van der Waals surface area (Å²) in [5.74, 6) is -0.458. The highest BCUT2D eigenvalue weighted by molar-refractivity contribution is 6.26. The van der Waals surface area contributed by atoms with Crippen molar-refractivity contribution in [2.24, 2.45) is 0 Å². The normalized spacial score (nSPS) is 13.3. The number of unbranched alkanes of at least 4 members (excludes halogenated alkanes) is 1. The largest absolute Gasteiger partial charge is 0.385 e. The van der Waals surface area contributed by atoms with Crippen molar-refractivity contribution in [2.75, 3.05) is 11.9 Å². The lowest BCUT2D eigenvalue weighted by Crippen LogP contribution is -2.39. The Balaban J connectivity index is 1.76. The molecule has 0 unspecified atom stereocenters. The zero-order valence-electron chi connectivity index (χ0n) is 15.4. The monoisotopic (exact) mass is 358 g/mol. The molecule has 1 aliphatic rings. The summed E-state index contributed by atoms with van der Waals surface area (Å²) in [6.07, 6.45) is 2.19. The van der Waals surface area contributed by atoms with Crippen LogP contribution in [0.25, 0.3) is 10.8 Å². The van der Waals surface area contributed by atoms with Gasteiger partial charge in [0.2, 0.25) is 0 Å². The Morgan fingerprint density at radius 2 is 1.59 bits per heavy atom. The van der Waals surface area contributed by atoms with Gasteiger partial charge in [-0.05, 0) is 30.2 Å². The summed E-state index contributed by atoms with van der Waals surface area (Å²) in [5.41, 5.74) is 3.10. The first-order chi connectivity index (χ1) is 13.2. The van der Waals surface area contributed by atoms with Gasteiger partial charge in [-0.2, -0.15) is 0 Å². The summed E-state index contributed by atoms with van der Waals surface area (Å²) in [5, 5.41) is 5.13. The molecule has 0 aromatic heterocycles. The fourth-order valence-electron chi connectivity index (χ4n) is 3.61. The van der Waals surface area contributed by atoms with Crippen LogP contribution in [0.3, 0.4) is 0 Å². The minimum atomic E-state index is -0.229. The molecule has 0 saturated heterocycles. The summed E-state index contributed by atoms with van der Waals surface area (Å²) in [7, 11) is 0. The van der Waals surface area contributed by atoms with Gasteiger partial charge in [-0.15, -0.1) is 0 Å². The molecule has 1 N–H and O–H groups in total. The Labute approximate surface area is 158 Å². The molecule has 4 heteroatoms. The number of rotatable bonds is 6. The SMILES string of the molecule is CCCCNc1ccc2c3c(cccc13)C(=O)N(Cc1ccccc1)C2=O. The molecule has 0 aliphatic carbocycles. The first-order valence-corrected chi connectivity index (χ1v) is 9.40. The highest BCUT2D eigenvalue weighted by Gasteiger charge is 2.33. The van der Waals surface area contributed by atoms with E-state index in [1.165, 1.54) is 4.90 Å². The van der Waals surface area contributed by atoms with Crippen LogP contribution in [-0.4, -0.2) is 23.3 Å². The van der Waals surface area contributed by atoms with Crippen molar-refractivity contribution in [2.45, 2.75) is 26.3 Å². The van der Waals surface area contributed by atoms with Crippen LogP contribution in [0.15, 0.2) is 60.7 Å². The fourth-order valence-corrected chi connectivity index (χ4v) is 3.61. The molecule has 0 spiro atoms. The number of anilines is 1. The van der Waals surface area contributed by atoms with Gasteiger partial charge in [-0.25, -0.2) is 0 Å². The van der Waals surface area contributed by atoms with Gasteiger partial charge in [0.1, 0.15) is 0 Å². The van der Waals surface area contributed by atoms with Crippen molar-refractivity contribution in [1.29, 1.82) is 0 Å². The van der Waals surface area contributed by atoms with Crippen LogP contribution in [0.4, 0.5) is 5.69 Å². The molecule has 27 heavy (non-hydrogen) atoms. The second-order valence-corrected chi connectivity index (χ2v) is 6.85. The Bertz CT molecular complexity index is 989. The maximum Gasteiger partial charge on any atom is 0.261 e. The Kier molecular flexibility index (Phi) is 4.63. The van der Waals surface area contributed by atoms with Gasteiger partial charge >= 0.3 is 0 Å². The summed E-state index contributed by atoms with van der Waals surface area (Å²) in [6, 6.07) is 19.1. The maximum atomic E-state index is 13.1. The quantitative estimate of drug-likeness (QED) is 0.506. The zero-order chi connectivity index (χ0) is 18.8. The Morgan fingerprint density at radius 1 is 0.852 bits per heavy atom. The van der Waals surface area contributed by atoms with E-state index in [2.05, 4.69) is 12.2 Å². The molecule has 2 amide bonds. The van der Waals surface area contributed by atoms with Crippen molar-refractivity contribution in [3.05, 3.63) is 77.4 Å². The fraction of sp³-hybridized carbons (Fsp3) is 0.217. The minimum absolute atomic E-state index is 0.229. The summed E-state index contributed by atoms with van der Waals surface area (Å²) in [4.78, 5) is 27.5. The molecule has 1 aliphatic heterocycles. The van der Waals surface area contributed by atoms with E-state index in [9.17, 15) is 9.59 Å². The number of nitrogens with zero attached hydrogens (tertiary/aromatic N) is 1. The number of carbonyl (C=O) groups is 2. The number of benzene rings is 3. The number of imide groups is 1. The molecular formula is C23H22N2O2. The predicted octanol–water partition coefficient (Wildman–Crippen LogP) is 4.85. The third-order valence-electron chi connectivity index (χ3n) is 5.02. The van der Waals surface area contributed by atoms with Gasteiger partial charge in [0.25, 0.3) is 11.8 Å². The molecule has 136 valence electrons. The molecule has 3 aromatic carbocycles. The van der Waals surface area contributed by atoms with Crippen molar-refractivity contribution < 1.29 is 9.59 Å². The number of carbonyl (C=O) groups excluding carboxylic acids is 2. The summed E-state index contributed by atoms with van der Waals surface area (Å²) >= 11 is 0. The summed E-state index contributed by atoms with van der Waals surface area (Å²) < 4.78 is 0. The zero-order valence-corrected chi connectivity index (χ0v) is 15.4. The maximum absolute atomic E-state index is 13.1. The average Bonchev–Trinajstić information content (AvgIpc) is 2.71. The van der Waals surface area contributed by atoms with Gasteiger partial charge in [0, 0.05) is 34.1 Å². The van der Waals surface area contributed by atoms with Crippen molar-refractivity contribution in [1.82, 2.24) is 4.90 Å². The van der Waals surface area contributed by atoms with Crippen LogP contribution in [0.5, 0.6) is 0 Å². The molecule has 0 bridgehead atoms. The van der Waals surface area contributed by atoms with Crippen molar-refractivity contribution in [3.8, 4) is 0 Å². The highest BCUT2D eigenvalue weighted by Crippen LogP contribution is 2.34. The number of nitrogens with one attached hydrogen (secondary N) is 1. The van der Waals surface area contributed by atoms with Crippen LogP contribution in [0.1, 0.15) is 46.0 Å². The molecule has 0 atom stereocenters. The average molecular weight is 358 g/mol. The van der Waals surface area contributed by atoms with Gasteiger partial charge in [0.05, 0.1) is 6.54 Å². The smallest absolute Gasteiger partial charge is 0.261 e. The predicted molar refractivity (Wildman–Crippen MR) is 108 cm³/mol. The van der Waals surface area contributed by atoms with Gasteiger partial charge in [-0.1, -0.05) is 55.8 Å². The van der Waals surface area contributed by atoms with Crippen LogP contribution in [0.2, 0.25) is 0 Å². The lowest BCUT2D eigenvalue weighted by atomic mass is 9.92. The standard InChI is InChI=1S/C23H22N2O2/c1-2-3-14-24-20-13-12-19-21-17(20)10-7-11-18(21)22(26)25(23(19)27)15-16-8-5-4-6-9-16/h4-13,24H,2-3,14-15H2,1H3. The van der Waals surface area contributed by atoms with E-state index in [1.54, 1.807) is 0 Å². The van der Waals surface area contributed by atoms with Crippen LogP contribution >= 0.6 is 0 Å². The first kappa shape index (κ1) is 17.3.